The smallest absolute Gasteiger partial charge is 0.232 e. The van der Waals surface area contributed by atoms with Gasteiger partial charge in [0.2, 0.25) is 11.8 Å². The summed E-state index contributed by atoms with van der Waals surface area (Å²) in [5.74, 6) is -0.183. The summed E-state index contributed by atoms with van der Waals surface area (Å²) in [4.78, 5) is 28.6. The zero-order valence-corrected chi connectivity index (χ0v) is 15.0. The molecule has 0 aromatic heterocycles. The number of carbonyl (C=O) groups excluding carboxylic acids is 2. The van der Waals surface area contributed by atoms with E-state index in [1.807, 2.05) is 18.7 Å². The number of benzene rings is 1. The van der Waals surface area contributed by atoms with Gasteiger partial charge in [-0.05, 0) is 44.7 Å². The molecule has 6 heteroatoms. The van der Waals surface area contributed by atoms with Crippen molar-refractivity contribution in [3.8, 4) is 5.75 Å². The van der Waals surface area contributed by atoms with Crippen LogP contribution >= 0.6 is 0 Å². The number of amides is 2. The van der Waals surface area contributed by atoms with Crippen molar-refractivity contribution in [3.05, 3.63) is 24.0 Å². The van der Waals surface area contributed by atoms with Crippen molar-refractivity contribution < 1.29 is 18.7 Å². The molecule has 1 saturated heterocycles. The van der Waals surface area contributed by atoms with E-state index in [1.165, 1.54) is 32.1 Å². The van der Waals surface area contributed by atoms with E-state index < -0.39 is 5.82 Å². The molecule has 2 amide bonds. The Morgan fingerprint density at radius 3 is 2.68 bits per heavy atom. The Morgan fingerprint density at radius 1 is 1.40 bits per heavy atom. The summed E-state index contributed by atoms with van der Waals surface area (Å²) in [6.07, 6.45) is 2.59. The third kappa shape index (κ3) is 3.78. The number of nitrogens with zero attached hydrogens (tertiary/aromatic N) is 2. The van der Waals surface area contributed by atoms with E-state index in [0.717, 1.165) is 6.54 Å². The molecule has 1 aliphatic heterocycles. The Bertz CT molecular complexity index is 673. The van der Waals surface area contributed by atoms with Gasteiger partial charge in [-0.2, -0.15) is 0 Å². The molecular weight excluding hydrogens is 323 g/mol. The van der Waals surface area contributed by atoms with Gasteiger partial charge in [-0.15, -0.1) is 0 Å². The van der Waals surface area contributed by atoms with Crippen LogP contribution in [0.4, 0.5) is 10.1 Å². The molecule has 3 rings (SSSR count). The van der Waals surface area contributed by atoms with Crippen LogP contribution < -0.4 is 9.64 Å². The molecular formula is C19H25FN2O3. The van der Waals surface area contributed by atoms with Crippen molar-refractivity contribution in [2.24, 2.45) is 11.8 Å². The molecule has 1 atom stereocenters. The van der Waals surface area contributed by atoms with E-state index in [4.69, 9.17) is 4.74 Å². The first-order valence-electron chi connectivity index (χ1n) is 8.85. The van der Waals surface area contributed by atoms with Gasteiger partial charge >= 0.3 is 0 Å². The van der Waals surface area contributed by atoms with Crippen molar-refractivity contribution >= 4 is 17.5 Å². The number of methoxy groups -OCH3 is 1. The molecule has 136 valence electrons. The van der Waals surface area contributed by atoms with Gasteiger partial charge in [0.05, 0.1) is 13.0 Å². The largest absolute Gasteiger partial charge is 0.494 e. The molecule has 1 aliphatic carbocycles. The summed E-state index contributed by atoms with van der Waals surface area (Å²) >= 11 is 0. The number of hydrogen-bond donors (Lipinski definition) is 0. The van der Waals surface area contributed by atoms with E-state index in [-0.39, 0.29) is 35.9 Å². The second-order valence-electron chi connectivity index (χ2n) is 7.26. The lowest BCUT2D eigenvalue weighted by Crippen LogP contribution is -2.42. The minimum atomic E-state index is -0.503. The fourth-order valence-electron chi connectivity index (χ4n) is 3.41. The number of carbonyl (C=O) groups is 2. The monoisotopic (exact) mass is 348 g/mol. The first kappa shape index (κ1) is 17.7. The zero-order valence-electron chi connectivity index (χ0n) is 15.0. The predicted octanol–water partition coefficient (Wildman–Crippen LogP) is 2.83. The van der Waals surface area contributed by atoms with Crippen LogP contribution in [-0.4, -0.2) is 43.0 Å². The lowest BCUT2D eigenvalue weighted by atomic mass is 10.1. The van der Waals surface area contributed by atoms with Gasteiger partial charge in [-0.25, -0.2) is 4.39 Å². The lowest BCUT2D eigenvalue weighted by molar-refractivity contribution is -0.128. The van der Waals surface area contributed by atoms with Crippen molar-refractivity contribution in [1.29, 1.82) is 0 Å². The summed E-state index contributed by atoms with van der Waals surface area (Å²) in [7, 11) is 1.40. The Balaban J connectivity index is 1.77. The maximum Gasteiger partial charge on any atom is 0.232 e. The van der Waals surface area contributed by atoms with E-state index >= 15 is 0 Å². The third-order valence-corrected chi connectivity index (χ3v) is 4.91. The summed E-state index contributed by atoms with van der Waals surface area (Å²) < 4.78 is 19.0. The highest BCUT2D eigenvalue weighted by Gasteiger charge is 2.39. The van der Waals surface area contributed by atoms with E-state index in [2.05, 4.69) is 0 Å². The first-order chi connectivity index (χ1) is 11.9. The van der Waals surface area contributed by atoms with Crippen LogP contribution in [0.2, 0.25) is 0 Å². The molecule has 0 bridgehead atoms. The standard InChI is InChI=1S/C19H25FN2O3/c1-12(2)22(15-6-7-17(25-3)16(20)9-15)19(24)14-8-18(23)21(11-14)10-13-4-5-13/h6-7,9,12-14H,4-5,8,10-11H2,1-3H3/t14-/m1/s1. The van der Waals surface area contributed by atoms with Crippen molar-refractivity contribution in [1.82, 2.24) is 4.90 Å². The molecule has 5 nitrogen and oxygen atoms in total. The minimum Gasteiger partial charge on any atom is -0.494 e. The number of ether oxygens (including phenoxy) is 1. The van der Waals surface area contributed by atoms with Crippen molar-refractivity contribution in [2.45, 2.75) is 39.2 Å². The highest BCUT2D eigenvalue weighted by Crippen LogP contribution is 2.33. The average Bonchev–Trinajstić information content (AvgIpc) is 3.30. The van der Waals surface area contributed by atoms with E-state index in [9.17, 15) is 14.0 Å². The normalized spacial score (nSPS) is 20.3. The van der Waals surface area contributed by atoms with Gasteiger partial charge in [0, 0.05) is 37.3 Å². The van der Waals surface area contributed by atoms with Gasteiger partial charge < -0.3 is 14.5 Å². The van der Waals surface area contributed by atoms with Crippen LogP contribution in [0.5, 0.6) is 5.75 Å². The lowest BCUT2D eigenvalue weighted by Gasteiger charge is -2.29. The van der Waals surface area contributed by atoms with Crippen LogP contribution in [0.3, 0.4) is 0 Å². The summed E-state index contributed by atoms with van der Waals surface area (Å²) in [5.41, 5.74) is 0.492. The summed E-state index contributed by atoms with van der Waals surface area (Å²) in [5, 5.41) is 0. The Morgan fingerprint density at radius 2 is 2.12 bits per heavy atom. The second kappa shape index (κ2) is 7.02. The first-order valence-corrected chi connectivity index (χ1v) is 8.85. The van der Waals surface area contributed by atoms with Crippen LogP contribution in [-0.2, 0) is 9.59 Å². The van der Waals surface area contributed by atoms with Crippen molar-refractivity contribution in [2.75, 3.05) is 25.1 Å². The number of rotatable bonds is 6. The van der Waals surface area contributed by atoms with E-state index in [0.29, 0.717) is 18.2 Å². The third-order valence-electron chi connectivity index (χ3n) is 4.91. The van der Waals surface area contributed by atoms with Crippen LogP contribution in [0.25, 0.3) is 0 Å². The Labute approximate surface area is 147 Å². The molecule has 1 aromatic carbocycles. The predicted molar refractivity (Wildman–Crippen MR) is 93.0 cm³/mol. The maximum atomic E-state index is 14.1. The highest BCUT2D eigenvalue weighted by atomic mass is 19.1. The summed E-state index contributed by atoms with van der Waals surface area (Å²) in [6, 6.07) is 4.38. The molecule has 0 N–H and O–H groups in total. The molecule has 1 saturated carbocycles. The van der Waals surface area contributed by atoms with Gasteiger partial charge in [0.1, 0.15) is 0 Å². The Hall–Kier alpha value is -2.11. The molecule has 25 heavy (non-hydrogen) atoms. The fraction of sp³-hybridized carbons (Fsp3) is 0.579. The highest BCUT2D eigenvalue weighted by molar-refractivity contribution is 5.99. The Kier molecular flexibility index (Phi) is 4.97. The van der Waals surface area contributed by atoms with Gasteiger partial charge in [-0.1, -0.05) is 0 Å². The SMILES string of the molecule is COc1ccc(N(C(=O)[C@@H]2CC(=O)N(CC3CC3)C2)C(C)C)cc1F. The van der Waals surface area contributed by atoms with E-state index in [1.54, 1.807) is 11.0 Å². The molecule has 2 aliphatic rings. The number of anilines is 1. The van der Waals surface area contributed by atoms with Crippen LogP contribution in [0.15, 0.2) is 18.2 Å². The number of halogens is 1. The number of hydrogen-bond acceptors (Lipinski definition) is 3. The molecule has 2 fully saturated rings. The minimum absolute atomic E-state index is 0.0508. The van der Waals surface area contributed by atoms with Gasteiger partial charge in [-0.3, -0.25) is 9.59 Å². The quantitative estimate of drug-likeness (QED) is 0.794. The van der Waals surface area contributed by atoms with Crippen LogP contribution in [0.1, 0.15) is 33.1 Å². The molecule has 0 unspecified atom stereocenters. The average molecular weight is 348 g/mol. The van der Waals surface area contributed by atoms with Gasteiger partial charge in [0.25, 0.3) is 0 Å². The second-order valence-corrected chi connectivity index (χ2v) is 7.26. The van der Waals surface area contributed by atoms with Gasteiger partial charge in [0.15, 0.2) is 11.6 Å². The van der Waals surface area contributed by atoms with Crippen LogP contribution in [0, 0.1) is 17.7 Å². The molecule has 0 radical (unpaired) electrons. The molecule has 1 aromatic rings. The van der Waals surface area contributed by atoms with Crippen molar-refractivity contribution in [3.63, 3.8) is 0 Å². The topological polar surface area (TPSA) is 49.9 Å². The maximum absolute atomic E-state index is 14.1. The number of likely N-dealkylation sites (tertiary alicyclic amines) is 1. The zero-order chi connectivity index (χ0) is 18.1. The molecule has 0 spiro atoms. The fourth-order valence-corrected chi connectivity index (χ4v) is 3.41. The molecule has 1 heterocycles. The summed E-state index contributed by atoms with van der Waals surface area (Å²) in [6.45, 7) is 5.01.